The Morgan fingerprint density at radius 1 is 0.523 bits per heavy atom. The van der Waals surface area contributed by atoms with Crippen molar-refractivity contribution >= 4 is 34.6 Å². The minimum Gasteiger partial charge on any atom is -0.399 e. The number of hydrogen-bond acceptors (Lipinski definition) is 4. The number of nitrogens with one attached hydrogen (secondary N) is 2. The maximum Gasteiger partial charge on any atom is 0.418 e. The molecule has 0 fully saturated rings. The van der Waals surface area contributed by atoms with Gasteiger partial charge >= 0.3 is 18.5 Å². The van der Waals surface area contributed by atoms with Crippen molar-refractivity contribution in [1.82, 2.24) is 0 Å². The molecule has 6 nitrogen and oxygen atoms in total. The van der Waals surface area contributed by atoms with Gasteiger partial charge in [-0.2, -0.15) is 39.5 Å². The normalized spacial score (nSPS) is 12.1. The van der Waals surface area contributed by atoms with Crippen molar-refractivity contribution in [2.75, 3.05) is 22.1 Å². The van der Waals surface area contributed by atoms with Gasteiger partial charge in [0.15, 0.2) is 0 Å². The summed E-state index contributed by atoms with van der Waals surface area (Å²) in [6.45, 7) is 0. The highest BCUT2D eigenvalue weighted by molar-refractivity contribution is 6.05. The van der Waals surface area contributed by atoms with Crippen molar-refractivity contribution in [1.29, 1.82) is 0 Å². The maximum absolute atomic E-state index is 14.1. The molecule has 0 spiro atoms. The molecule has 6 N–H and O–H groups in total. The van der Waals surface area contributed by atoms with Crippen molar-refractivity contribution < 1.29 is 49.1 Å². The lowest BCUT2D eigenvalue weighted by atomic mass is 9.93. The molecule has 0 aliphatic heterocycles. The largest absolute Gasteiger partial charge is 0.418 e. The quantitative estimate of drug-likeness (QED) is 0.133. The van der Waals surface area contributed by atoms with Crippen molar-refractivity contribution in [2.24, 2.45) is 0 Å². The third kappa shape index (κ3) is 7.04. The molecule has 44 heavy (non-hydrogen) atoms. The Bertz CT molecular complexity index is 1750. The molecule has 0 bridgehead atoms. The second kappa shape index (κ2) is 11.5. The lowest BCUT2D eigenvalue weighted by molar-refractivity contribution is -0.139. The van der Waals surface area contributed by atoms with Crippen LogP contribution in [0.3, 0.4) is 0 Å². The topological polar surface area (TPSA) is 110 Å². The van der Waals surface area contributed by atoms with E-state index in [1.165, 1.54) is 24.3 Å². The molecule has 0 aromatic heterocycles. The van der Waals surface area contributed by atoms with E-state index in [9.17, 15) is 49.1 Å². The smallest absolute Gasteiger partial charge is 0.399 e. The highest BCUT2D eigenvalue weighted by Gasteiger charge is 2.39. The molecule has 230 valence electrons. The summed E-state index contributed by atoms with van der Waals surface area (Å²) >= 11 is 0. The van der Waals surface area contributed by atoms with Crippen LogP contribution in [0.4, 0.5) is 62.3 Å². The zero-order valence-electron chi connectivity index (χ0n) is 21.9. The zero-order chi connectivity index (χ0) is 32.6. The van der Waals surface area contributed by atoms with Gasteiger partial charge in [0.1, 0.15) is 0 Å². The average molecular weight is 626 g/mol. The van der Waals surface area contributed by atoms with Gasteiger partial charge < -0.3 is 22.1 Å². The summed E-state index contributed by atoms with van der Waals surface area (Å²) in [6, 6.07) is 11.7. The maximum atomic E-state index is 14.1. The minimum absolute atomic E-state index is 0.0215. The lowest BCUT2D eigenvalue weighted by Gasteiger charge is -2.20. The van der Waals surface area contributed by atoms with Crippen LogP contribution in [0.1, 0.15) is 37.4 Å². The minimum atomic E-state index is -5.23. The first-order valence-corrected chi connectivity index (χ1v) is 12.2. The molecule has 4 rings (SSSR count). The summed E-state index contributed by atoms with van der Waals surface area (Å²) in [5, 5.41) is 4.26. The third-order valence-electron chi connectivity index (χ3n) is 6.23. The molecule has 0 saturated heterocycles. The molecule has 4 aromatic rings. The SMILES string of the molecule is Nc1cccc(C(=O)Nc2ccc(-c3ccc(NC(=O)c4ccc(N)c(C(F)(F)F)c4)cc3C(F)(F)F)c(C(F)(F)F)c2)c1. The van der Waals surface area contributed by atoms with Crippen molar-refractivity contribution in [2.45, 2.75) is 18.5 Å². The fraction of sp³-hybridized carbons (Fsp3) is 0.103. The van der Waals surface area contributed by atoms with Gasteiger partial charge in [-0.1, -0.05) is 18.2 Å². The number of nitrogens with two attached hydrogens (primary N) is 2. The Balaban J connectivity index is 1.71. The summed E-state index contributed by atoms with van der Waals surface area (Å²) < 4.78 is 124. The zero-order valence-corrected chi connectivity index (χ0v) is 21.9. The van der Waals surface area contributed by atoms with Gasteiger partial charge in [0.25, 0.3) is 11.8 Å². The van der Waals surface area contributed by atoms with Crippen molar-refractivity contribution in [3.8, 4) is 11.1 Å². The van der Waals surface area contributed by atoms with E-state index in [0.717, 1.165) is 30.3 Å². The van der Waals surface area contributed by atoms with Crippen LogP contribution in [0, 0.1) is 0 Å². The second-order valence-electron chi connectivity index (χ2n) is 9.35. The number of amides is 2. The number of rotatable bonds is 5. The van der Waals surface area contributed by atoms with E-state index in [-0.39, 0.29) is 16.9 Å². The van der Waals surface area contributed by atoms with Crippen LogP contribution < -0.4 is 22.1 Å². The molecule has 2 amide bonds. The predicted octanol–water partition coefficient (Wildman–Crippen LogP) is 8.08. The van der Waals surface area contributed by atoms with Gasteiger partial charge in [-0.3, -0.25) is 9.59 Å². The molecule has 0 atom stereocenters. The highest BCUT2D eigenvalue weighted by Crippen LogP contribution is 2.44. The molecular formula is C29H19F9N4O2. The molecule has 0 heterocycles. The van der Waals surface area contributed by atoms with Crippen LogP contribution in [-0.4, -0.2) is 11.8 Å². The summed E-state index contributed by atoms with van der Waals surface area (Å²) in [6.07, 6.45) is -15.3. The summed E-state index contributed by atoms with van der Waals surface area (Å²) in [5.41, 5.74) is 2.70. The fourth-order valence-corrected chi connectivity index (χ4v) is 4.21. The first kappa shape index (κ1) is 31.7. The van der Waals surface area contributed by atoms with E-state index in [0.29, 0.717) is 24.3 Å². The highest BCUT2D eigenvalue weighted by atomic mass is 19.4. The molecule has 0 aliphatic rings. The summed E-state index contributed by atoms with van der Waals surface area (Å²) in [4.78, 5) is 25.0. The molecule has 0 saturated carbocycles. The van der Waals surface area contributed by atoms with Gasteiger partial charge in [0.05, 0.1) is 16.7 Å². The van der Waals surface area contributed by atoms with Gasteiger partial charge in [-0.05, 0) is 71.8 Å². The van der Waals surface area contributed by atoms with Gasteiger partial charge in [0.2, 0.25) is 0 Å². The number of benzene rings is 4. The van der Waals surface area contributed by atoms with Crippen LogP contribution in [0.25, 0.3) is 11.1 Å². The Morgan fingerprint density at radius 2 is 0.977 bits per heavy atom. The third-order valence-corrected chi connectivity index (χ3v) is 6.23. The monoisotopic (exact) mass is 626 g/mol. The van der Waals surface area contributed by atoms with Gasteiger partial charge in [0, 0.05) is 33.9 Å². The summed E-state index contributed by atoms with van der Waals surface area (Å²) in [7, 11) is 0. The van der Waals surface area contributed by atoms with Crippen LogP contribution in [0.2, 0.25) is 0 Å². The molecule has 0 radical (unpaired) electrons. The van der Waals surface area contributed by atoms with Crippen molar-refractivity contribution in [3.63, 3.8) is 0 Å². The van der Waals surface area contributed by atoms with Gasteiger partial charge in [-0.25, -0.2) is 0 Å². The van der Waals surface area contributed by atoms with Crippen LogP contribution in [-0.2, 0) is 18.5 Å². The van der Waals surface area contributed by atoms with Crippen LogP contribution in [0.5, 0.6) is 0 Å². The number of carbonyl (C=O) groups is 2. The molecule has 0 unspecified atom stereocenters. The standard InChI is InChI=1S/C29H19F9N4O2/c30-27(31,32)21-12-17(41-25(43)14-2-1-3-16(39)10-14)5-7-19(21)20-8-6-18(13-22(20)28(33,34)35)42-26(44)15-4-9-24(40)23(11-15)29(36,37)38/h1-13H,39-40H2,(H,41,43)(H,42,44). The van der Waals surface area contributed by atoms with E-state index in [1.54, 1.807) is 0 Å². The van der Waals surface area contributed by atoms with E-state index in [1.807, 2.05) is 5.32 Å². The molecule has 0 aliphatic carbocycles. The number of halogens is 9. The van der Waals surface area contributed by atoms with E-state index in [4.69, 9.17) is 11.5 Å². The number of anilines is 4. The second-order valence-corrected chi connectivity index (χ2v) is 9.35. The molecule has 15 heteroatoms. The molecular weight excluding hydrogens is 607 g/mol. The number of nitrogen functional groups attached to an aromatic ring is 2. The average Bonchev–Trinajstić information content (AvgIpc) is 2.91. The Labute approximate surface area is 242 Å². The fourth-order valence-electron chi connectivity index (χ4n) is 4.21. The van der Waals surface area contributed by atoms with Gasteiger partial charge in [-0.15, -0.1) is 0 Å². The Hall–Kier alpha value is -5.21. The summed E-state index contributed by atoms with van der Waals surface area (Å²) in [5.74, 6) is -2.05. The number of carbonyl (C=O) groups excluding carboxylic acids is 2. The van der Waals surface area contributed by atoms with E-state index >= 15 is 0 Å². The first-order chi connectivity index (χ1) is 20.3. The number of hydrogen-bond donors (Lipinski definition) is 4. The van der Waals surface area contributed by atoms with Crippen LogP contribution >= 0.6 is 0 Å². The van der Waals surface area contributed by atoms with E-state index < -0.39 is 75.1 Å². The predicted molar refractivity (Wildman–Crippen MR) is 144 cm³/mol. The molecule has 4 aromatic carbocycles. The van der Waals surface area contributed by atoms with Crippen LogP contribution in [0.15, 0.2) is 78.9 Å². The first-order valence-electron chi connectivity index (χ1n) is 12.2. The number of alkyl halides is 9. The van der Waals surface area contributed by atoms with Crippen molar-refractivity contribution in [3.05, 3.63) is 107 Å². The van der Waals surface area contributed by atoms with E-state index in [2.05, 4.69) is 5.32 Å². The Morgan fingerprint density at radius 3 is 1.41 bits per heavy atom. The Kier molecular flexibility index (Phi) is 8.27. The lowest BCUT2D eigenvalue weighted by Crippen LogP contribution is -2.17.